The van der Waals surface area contributed by atoms with Gasteiger partial charge in [0.25, 0.3) is 5.56 Å². The maximum absolute atomic E-state index is 13.5. The third kappa shape index (κ3) is 4.36. The minimum absolute atomic E-state index is 0.0842. The van der Waals surface area contributed by atoms with Crippen LogP contribution in [0.25, 0.3) is 21.9 Å². The van der Waals surface area contributed by atoms with E-state index in [1.165, 1.54) is 11.3 Å². The molecule has 0 spiro atoms. The van der Waals surface area contributed by atoms with Gasteiger partial charge in [-0.25, -0.2) is 9.67 Å². The Morgan fingerprint density at radius 2 is 1.94 bits per heavy atom. The second-order valence-electron chi connectivity index (χ2n) is 7.87. The van der Waals surface area contributed by atoms with Crippen LogP contribution in [-0.4, -0.2) is 31.6 Å². The molecule has 7 nitrogen and oxygen atoms in total. The number of nitrogens with zero attached hydrogens (tertiary/aromatic N) is 4. The number of nitrogens with one attached hydrogen (secondary N) is 1. The summed E-state index contributed by atoms with van der Waals surface area (Å²) < 4.78 is 3.37. The summed E-state index contributed by atoms with van der Waals surface area (Å²) in [5, 5.41) is 9.48. The number of para-hydroxylation sites is 1. The number of carbonyl (C=O) groups excluding carboxylic acids is 1. The molecule has 0 saturated carbocycles. The van der Waals surface area contributed by atoms with Gasteiger partial charge in [0.05, 0.1) is 23.4 Å². The van der Waals surface area contributed by atoms with Crippen molar-refractivity contribution >= 4 is 22.2 Å². The van der Waals surface area contributed by atoms with Gasteiger partial charge in [0.15, 0.2) is 4.96 Å². The summed E-state index contributed by atoms with van der Waals surface area (Å²) >= 11 is 1.37. The molecule has 166 valence electrons. The Morgan fingerprint density at radius 1 is 1.16 bits per heavy atom. The lowest BCUT2D eigenvalue weighted by Crippen LogP contribution is -2.28. The number of carbonyl (C=O) groups is 1. The fourth-order valence-corrected chi connectivity index (χ4v) is 4.71. The lowest BCUT2D eigenvalue weighted by molar-refractivity contribution is -0.120. The van der Waals surface area contributed by atoms with Crippen molar-refractivity contribution in [3.05, 3.63) is 69.2 Å². The first kappa shape index (κ1) is 22.0. The molecule has 4 rings (SSSR count). The van der Waals surface area contributed by atoms with Crippen molar-refractivity contribution in [3.63, 3.8) is 0 Å². The molecule has 3 heterocycles. The second kappa shape index (κ2) is 9.48. The highest BCUT2D eigenvalue weighted by Gasteiger charge is 2.20. The number of benzene rings is 1. The number of hydrogen-bond acceptors (Lipinski definition) is 5. The van der Waals surface area contributed by atoms with Crippen LogP contribution in [0.15, 0.2) is 46.6 Å². The van der Waals surface area contributed by atoms with Crippen LogP contribution in [0.2, 0.25) is 0 Å². The first-order valence-electron chi connectivity index (χ1n) is 10.9. The van der Waals surface area contributed by atoms with Crippen molar-refractivity contribution in [1.29, 1.82) is 0 Å². The van der Waals surface area contributed by atoms with Gasteiger partial charge >= 0.3 is 0 Å². The summed E-state index contributed by atoms with van der Waals surface area (Å²) in [6.45, 7) is 6.57. The maximum Gasteiger partial charge on any atom is 0.268 e. The van der Waals surface area contributed by atoms with E-state index >= 15 is 0 Å². The maximum atomic E-state index is 13.5. The predicted molar refractivity (Wildman–Crippen MR) is 128 cm³/mol. The van der Waals surface area contributed by atoms with E-state index in [9.17, 15) is 9.59 Å². The number of rotatable bonds is 8. The van der Waals surface area contributed by atoms with Crippen molar-refractivity contribution < 1.29 is 4.79 Å². The number of aromatic nitrogens is 4. The van der Waals surface area contributed by atoms with E-state index in [1.54, 1.807) is 4.40 Å². The van der Waals surface area contributed by atoms with Gasteiger partial charge in [-0.3, -0.25) is 14.0 Å². The Hall–Kier alpha value is -3.26. The van der Waals surface area contributed by atoms with E-state index in [4.69, 9.17) is 5.10 Å². The Labute approximate surface area is 190 Å². The van der Waals surface area contributed by atoms with E-state index in [1.807, 2.05) is 60.3 Å². The standard InChI is InChI=1S/C24H27N5O2S/c1-4-5-9-12-25-21(30)14-19-15-32-24-26-17(3)22(23(31)28(19)24)20-13-16(2)29(27-20)18-10-7-6-8-11-18/h6-8,10-11,13,15H,4-5,9,12,14H2,1-3H3,(H,25,30). The number of aryl methyl sites for hydroxylation is 2. The van der Waals surface area contributed by atoms with Crippen molar-refractivity contribution in [2.75, 3.05) is 6.54 Å². The summed E-state index contributed by atoms with van der Waals surface area (Å²) in [7, 11) is 0. The van der Waals surface area contributed by atoms with E-state index in [0.29, 0.717) is 34.2 Å². The Morgan fingerprint density at radius 3 is 2.69 bits per heavy atom. The molecule has 1 amide bonds. The Bertz CT molecular complexity index is 1300. The van der Waals surface area contributed by atoms with Crippen LogP contribution in [-0.2, 0) is 11.2 Å². The lowest BCUT2D eigenvalue weighted by atomic mass is 10.1. The van der Waals surface area contributed by atoms with Crippen LogP contribution in [0.3, 0.4) is 0 Å². The smallest absolute Gasteiger partial charge is 0.268 e. The van der Waals surface area contributed by atoms with E-state index in [-0.39, 0.29) is 17.9 Å². The van der Waals surface area contributed by atoms with E-state index in [0.717, 1.165) is 30.6 Å². The highest BCUT2D eigenvalue weighted by atomic mass is 32.1. The van der Waals surface area contributed by atoms with Gasteiger partial charge in [0.2, 0.25) is 5.91 Å². The topological polar surface area (TPSA) is 81.3 Å². The number of hydrogen-bond donors (Lipinski definition) is 1. The molecule has 4 aromatic rings. The van der Waals surface area contributed by atoms with Gasteiger partial charge in [0.1, 0.15) is 5.69 Å². The fraction of sp³-hybridized carbons (Fsp3) is 0.333. The largest absolute Gasteiger partial charge is 0.356 e. The molecule has 0 bridgehead atoms. The van der Waals surface area contributed by atoms with Gasteiger partial charge in [-0.05, 0) is 38.5 Å². The van der Waals surface area contributed by atoms with Crippen LogP contribution >= 0.6 is 11.3 Å². The lowest BCUT2D eigenvalue weighted by Gasteiger charge is -2.07. The molecular formula is C24H27N5O2S. The highest BCUT2D eigenvalue weighted by Crippen LogP contribution is 2.23. The second-order valence-corrected chi connectivity index (χ2v) is 8.71. The molecule has 32 heavy (non-hydrogen) atoms. The zero-order chi connectivity index (χ0) is 22.7. The molecule has 0 atom stereocenters. The Balaban J connectivity index is 1.69. The highest BCUT2D eigenvalue weighted by molar-refractivity contribution is 7.15. The average molecular weight is 450 g/mol. The van der Waals surface area contributed by atoms with Crippen molar-refractivity contribution in [1.82, 2.24) is 24.5 Å². The van der Waals surface area contributed by atoms with Crippen LogP contribution in [0.4, 0.5) is 0 Å². The molecule has 1 aromatic carbocycles. The monoisotopic (exact) mass is 449 g/mol. The van der Waals surface area contributed by atoms with Crippen LogP contribution in [0, 0.1) is 13.8 Å². The normalized spacial score (nSPS) is 11.2. The van der Waals surface area contributed by atoms with E-state index in [2.05, 4.69) is 17.2 Å². The molecule has 0 fully saturated rings. The zero-order valence-corrected chi connectivity index (χ0v) is 19.4. The van der Waals surface area contributed by atoms with Crippen LogP contribution in [0.1, 0.15) is 43.3 Å². The molecule has 0 unspecified atom stereocenters. The third-order valence-corrected chi connectivity index (χ3v) is 6.28. The molecule has 0 aliphatic rings. The van der Waals surface area contributed by atoms with Gasteiger partial charge in [-0.2, -0.15) is 5.10 Å². The summed E-state index contributed by atoms with van der Waals surface area (Å²) in [4.78, 5) is 31.1. The molecular weight excluding hydrogens is 422 g/mol. The minimum Gasteiger partial charge on any atom is -0.356 e. The first-order valence-corrected chi connectivity index (χ1v) is 11.8. The number of thiazole rings is 1. The number of amides is 1. The number of fused-ring (bicyclic) bond motifs is 1. The van der Waals surface area contributed by atoms with Crippen molar-refractivity contribution in [3.8, 4) is 16.9 Å². The quantitative estimate of drug-likeness (QED) is 0.411. The summed E-state index contributed by atoms with van der Waals surface area (Å²) in [5.41, 5.74) is 3.98. The van der Waals surface area contributed by atoms with Gasteiger partial charge in [0, 0.05) is 23.3 Å². The molecule has 0 saturated heterocycles. The molecule has 0 aliphatic carbocycles. The minimum atomic E-state index is -0.194. The molecule has 0 aliphatic heterocycles. The molecule has 0 radical (unpaired) electrons. The summed E-state index contributed by atoms with van der Waals surface area (Å²) in [6, 6.07) is 11.7. The summed E-state index contributed by atoms with van der Waals surface area (Å²) in [6.07, 6.45) is 3.30. The molecule has 8 heteroatoms. The van der Waals surface area contributed by atoms with Crippen molar-refractivity contribution in [2.45, 2.75) is 46.5 Å². The fourth-order valence-electron chi connectivity index (χ4n) is 3.78. The first-order chi connectivity index (χ1) is 15.5. The van der Waals surface area contributed by atoms with Gasteiger partial charge in [-0.15, -0.1) is 11.3 Å². The molecule has 1 N–H and O–H groups in total. The van der Waals surface area contributed by atoms with Crippen LogP contribution < -0.4 is 10.9 Å². The average Bonchev–Trinajstić information content (AvgIpc) is 3.35. The summed E-state index contributed by atoms with van der Waals surface area (Å²) in [5.74, 6) is -0.0842. The zero-order valence-electron chi connectivity index (χ0n) is 18.6. The van der Waals surface area contributed by atoms with Crippen LogP contribution in [0.5, 0.6) is 0 Å². The van der Waals surface area contributed by atoms with Gasteiger partial charge in [-0.1, -0.05) is 38.0 Å². The van der Waals surface area contributed by atoms with Gasteiger partial charge < -0.3 is 5.32 Å². The SMILES string of the molecule is CCCCCNC(=O)Cc1csc2nc(C)c(-c3cc(C)n(-c4ccccc4)n3)c(=O)n12. The number of unbranched alkanes of at least 4 members (excludes halogenated alkanes) is 2. The predicted octanol–water partition coefficient (Wildman–Crippen LogP) is 4.07. The van der Waals surface area contributed by atoms with E-state index < -0.39 is 0 Å². The third-order valence-electron chi connectivity index (χ3n) is 5.41. The molecule has 3 aromatic heterocycles. The Kier molecular flexibility index (Phi) is 6.50. The van der Waals surface area contributed by atoms with Crippen molar-refractivity contribution in [2.24, 2.45) is 0 Å².